The van der Waals surface area contributed by atoms with Gasteiger partial charge < -0.3 is 9.64 Å². The summed E-state index contributed by atoms with van der Waals surface area (Å²) < 4.78 is 41.4. The van der Waals surface area contributed by atoms with Gasteiger partial charge in [-0.2, -0.15) is 13.2 Å². The molecular weight excluding hydrogens is 199 g/mol. The van der Waals surface area contributed by atoms with Crippen LogP contribution in [0.3, 0.4) is 0 Å². The first kappa shape index (κ1) is 11.3. The second-order valence-corrected chi connectivity index (χ2v) is 3.45. The lowest BCUT2D eigenvalue weighted by atomic mass is 10.2. The molecule has 0 N–H and O–H groups in total. The molecule has 0 aromatic carbocycles. The van der Waals surface area contributed by atoms with Crippen LogP contribution >= 0.6 is 0 Å². The summed E-state index contributed by atoms with van der Waals surface area (Å²) in [5, 5.41) is 0. The van der Waals surface area contributed by atoms with Crippen LogP contribution in [0.25, 0.3) is 0 Å². The van der Waals surface area contributed by atoms with Gasteiger partial charge in [-0.1, -0.05) is 0 Å². The molecule has 1 aliphatic rings. The number of hydrogen-bond acceptors (Lipinski definition) is 2. The standard InChI is InChI=1S/C8H12F3NO2/c1-5-4-14-6(2)3-12(5)7(13)8(9,10)11/h5-6H,3-4H2,1-2H3. The van der Waals surface area contributed by atoms with Gasteiger partial charge in [0.05, 0.1) is 18.8 Å². The molecular formula is C8H12F3NO2. The Morgan fingerprint density at radius 3 is 2.50 bits per heavy atom. The van der Waals surface area contributed by atoms with E-state index in [2.05, 4.69) is 0 Å². The van der Waals surface area contributed by atoms with E-state index in [4.69, 9.17) is 4.74 Å². The molecule has 14 heavy (non-hydrogen) atoms. The maximum absolute atomic E-state index is 12.1. The molecule has 0 aromatic heterocycles. The highest BCUT2D eigenvalue weighted by Gasteiger charge is 2.45. The molecule has 0 bridgehead atoms. The van der Waals surface area contributed by atoms with Crippen LogP contribution in [0, 0.1) is 0 Å². The van der Waals surface area contributed by atoms with Crippen molar-refractivity contribution in [3.05, 3.63) is 0 Å². The van der Waals surface area contributed by atoms with Gasteiger partial charge in [0.2, 0.25) is 0 Å². The quantitative estimate of drug-likeness (QED) is 0.602. The van der Waals surface area contributed by atoms with Crippen LogP contribution in [0.4, 0.5) is 13.2 Å². The van der Waals surface area contributed by atoms with Crippen molar-refractivity contribution >= 4 is 5.91 Å². The van der Waals surface area contributed by atoms with Crippen molar-refractivity contribution in [2.75, 3.05) is 13.2 Å². The number of rotatable bonds is 0. The number of nitrogens with zero attached hydrogens (tertiary/aromatic N) is 1. The number of hydrogen-bond donors (Lipinski definition) is 0. The number of amides is 1. The molecule has 3 nitrogen and oxygen atoms in total. The average molecular weight is 211 g/mol. The third-order valence-corrected chi connectivity index (χ3v) is 2.11. The fraction of sp³-hybridized carbons (Fsp3) is 0.875. The molecule has 82 valence electrons. The summed E-state index contributed by atoms with van der Waals surface area (Å²) in [4.78, 5) is 11.7. The Balaban J connectivity index is 2.70. The van der Waals surface area contributed by atoms with Gasteiger partial charge in [0.25, 0.3) is 0 Å². The zero-order valence-corrected chi connectivity index (χ0v) is 7.97. The first-order chi connectivity index (χ1) is 6.32. The van der Waals surface area contributed by atoms with Gasteiger partial charge in [0.15, 0.2) is 0 Å². The van der Waals surface area contributed by atoms with Gasteiger partial charge in [-0.05, 0) is 13.8 Å². The lowest BCUT2D eigenvalue weighted by Gasteiger charge is -2.36. The Kier molecular flexibility index (Phi) is 3.04. The molecule has 1 rings (SSSR count). The van der Waals surface area contributed by atoms with E-state index in [1.165, 1.54) is 6.92 Å². The minimum Gasteiger partial charge on any atom is -0.375 e. The van der Waals surface area contributed by atoms with E-state index in [0.717, 1.165) is 4.90 Å². The third kappa shape index (κ3) is 2.37. The molecule has 6 heteroatoms. The molecule has 1 saturated heterocycles. The number of carbonyl (C=O) groups excluding carboxylic acids is 1. The van der Waals surface area contributed by atoms with Gasteiger partial charge >= 0.3 is 12.1 Å². The van der Waals surface area contributed by atoms with Crippen LogP contribution in [0.15, 0.2) is 0 Å². The van der Waals surface area contributed by atoms with Crippen LogP contribution in [0.5, 0.6) is 0 Å². The smallest absolute Gasteiger partial charge is 0.375 e. The molecule has 2 atom stereocenters. The number of carbonyl (C=O) groups is 1. The summed E-state index contributed by atoms with van der Waals surface area (Å²) in [6, 6.07) is -0.514. The highest BCUT2D eigenvalue weighted by atomic mass is 19.4. The molecule has 0 radical (unpaired) electrons. The molecule has 1 fully saturated rings. The number of morpholine rings is 1. The van der Waals surface area contributed by atoms with Gasteiger partial charge in [0, 0.05) is 6.54 Å². The Labute approximate surface area is 79.8 Å². The van der Waals surface area contributed by atoms with Crippen molar-refractivity contribution in [2.45, 2.75) is 32.2 Å². The van der Waals surface area contributed by atoms with E-state index in [0.29, 0.717) is 0 Å². The van der Waals surface area contributed by atoms with Gasteiger partial charge in [-0.25, -0.2) is 0 Å². The average Bonchev–Trinajstić information content (AvgIpc) is 2.06. The van der Waals surface area contributed by atoms with E-state index >= 15 is 0 Å². The Morgan fingerprint density at radius 2 is 2.00 bits per heavy atom. The lowest BCUT2D eigenvalue weighted by molar-refractivity contribution is -0.194. The molecule has 0 saturated carbocycles. The van der Waals surface area contributed by atoms with Crippen LogP contribution < -0.4 is 0 Å². The molecule has 1 aliphatic heterocycles. The number of halogens is 3. The van der Waals surface area contributed by atoms with E-state index in [9.17, 15) is 18.0 Å². The Morgan fingerprint density at radius 1 is 1.43 bits per heavy atom. The van der Waals surface area contributed by atoms with Crippen LogP contribution in [-0.2, 0) is 9.53 Å². The van der Waals surface area contributed by atoms with Gasteiger partial charge in [-0.15, -0.1) is 0 Å². The minimum atomic E-state index is -4.79. The molecule has 0 spiro atoms. The Bertz CT molecular complexity index is 229. The van der Waals surface area contributed by atoms with Gasteiger partial charge in [-0.3, -0.25) is 4.79 Å². The molecule has 0 aromatic rings. The SMILES string of the molecule is CC1CN(C(=O)C(F)(F)F)C(C)CO1. The maximum atomic E-state index is 12.1. The van der Waals surface area contributed by atoms with Crippen molar-refractivity contribution in [1.82, 2.24) is 4.90 Å². The van der Waals surface area contributed by atoms with Crippen molar-refractivity contribution in [2.24, 2.45) is 0 Å². The number of ether oxygens (including phenoxy) is 1. The highest BCUT2D eigenvalue weighted by Crippen LogP contribution is 2.22. The van der Waals surface area contributed by atoms with Crippen LogP contribution in [0.2, 0.25) is 0 Å². The summed E-state index contributed by atoms with van der Waals surface area (Å²) in [6.07, 6.45) is -5.12. The van der Waals surface area contributed by atoms with Crippen molar-refractivity contribution in [1.29, 1.82) is 0 Å². The maximum Gasteiger partial charge on any atom is 0.471 e. The third-order valence-electron chi connectivity index (χ3n) is 2.11. The minimum absolute atomic E-state index is 0.000486. The summed E-state index contributed by atoms with van der Waals surface area (Å²) in [7, 11) is 0. The van der Waals surface area contributed by atoms with Crippen molar-refractivity contribution < 1.29 is 22.7 Å². The van der Waals surface area contributed by atoms with Gasteiger partial charge in [0.1, 0.15) is 0 Å². The predicted molar refractivity (Wildman–Crippen MR) is 42.6 cm³/mol. The largest absolute Gasteiger partial charge is 0.471 e. The zero-order valence-electron chi connectivity index (χ0n) is 7.97. The summed E-state index contributed by atoms with van der Waals surface area (Å²) in [5.41, 5.74) is 0. The van der Waals surface area contributed by atoms with E-state index in [1.807, 2.05) is 0 Å². The van der Waals surface area contributed by atoms with Crippen LogP contribution in [0.1, 0.15) is 13.8 Å². The second-order valence-electron chi connectivity index (χ2n) is 3.45. The van der Waals surface area contributed by atoms with Crippen LogP contribution in [-0.4, -0.2) is 42.3 Å². The molecule has 2 unspecified atom stereocenters. The normalized spacial score (nSPS) is 29.1. The summed E-state index contributed by atoms with van der Waals surface area (Å²) in [6.45, 7) is 3.33. The molecule has 1 amide bonds. The first-order valence-corrected chi connectivity index (χ1v) is 4.31. The fourth-order valence-corrected chi connectivity index (χ4v) is 1.35. The van der Waals surface area contributed by atoms with E-state index in [-0.39, 0.29) is 19.3 Å². The van der Waals surface area contributed by atoms with E-state index in [1.54, 1.807) is 6.92 Å². The zero-order chi connectivity index (χ0) is 10.9. The lowest BCUT2D eigenvalue weighted by Crippen LogP contribution is -2.54. The second kappa shape index (κ2) is 3.76. The number of alkyl halides is 3. The van der Waals surface area contributed by atoms with E-state index < -0.39 is 18.1 Å². The Hall–Kier alpha value is -0.780. The monoisotopic (exact) mass is 211 g/mol. The molecule has 0 aliphatic carbocycles. The molecule has 1 heterocycles. The fourth-order valence-electron chi connectivity index (χ4n) is 1.35. The first-order valence-electron chi connectivity index (χ1n) is 4.31. The predicted octanol–water partition coefficient (Wildman–Crippen LogP) is 1.18. The van der Waals surface area contributed by atoms with Crippen molar-refractivity contribution in [3.63, 3.8) is 0 Å². The van der Waals surface area contributed by atoms with Crippen molar-refractivity contribution in [3.8, 4) is 0 Å². The topological polar surface area (TPSA) is 29.5 Å². The summed E-state index contributed by atoms with van der Waals surface area (Å²) in [5.74, 6) is -1.78. The highest BCUT2D eigenvalue weighted by molar-refractivity contribution is 5.82. The summed E-state index contributed by atoms with van der Waals surface area (Å²) >= 11 is 0.